The van der Waals surface area contributed by atoms with Crippen LogP contribution in [0.15, 0.2) is 0 Å². The number of aryl methyl sites for hydroxylation is 1. The van der Waals surface area contributed by atoms with Gasteiger partial charge in [0.2, 0.25) is 11.9 Å². The minimum absolute atomic E-state index is 0.357. The van der Waals surface area contributed by atoms with Gasteiger partial charge in [-0.2, -0.15) is 4.98 Å². The van der Waals surface area contributed by atoms with Crippen LogP contribution in [0.5, 0.6) is 0 Å². The van der Waals surface area contributed by atoms with Crippen molar-refractivity contribution in [1.29, 1.82) is 0 Å². The predicted octanol–water partition coefficient (Wildman–Crippen LogP) is 1.88. The zero-order valence-electron chi connectivity index (χ0n) is 11.5. The molecule has 0 aliphatic heterocycles. The van der Waals surface area contributed by atoms with Gasteiger partial charge in [-0.25, -0.2) is 4.68 Å². The average molecular weight is 261 g/mol. The van der Waals surface area contributed by atoms with Crippen LogP contribution in [0.2, 0.25) is 0 Å². The van der Waals surface area contributed by atoms with Crippen LogP contribution in [0.1, 0.15) is 32.1 Å². The van der Waals surface area contributed by atoms with E-state index >= 15 is 0 Å². The maximum atomic E-state index is 5.62. The van der Waals surface area contributed by atoms with Crippen molar-refractivity contribution in [2.45, 2.75) is 32.1 Å². The predicted molar refractivity (Wildman–Crippen MR) is 74.4 cm³/mol. The van der Waals surface area contributed by atoms with Gasteiger partial charge in [-0.15, -0.1) is 5.10 Å². The van der Waals surface area contributed by atoms with E-state index < -0.39 is 0 Å². The van der Waals surface area contributed by atoms with Gasteiger partial charge in [0.15, 0.2) is 0 Å². The molecule has 0 radical (unpaired) electrons. The molecule has 0 atom stereocenters. The van der Waals surface area contributed by atoms with Crippen LogP contribution in [0.4, 0.5) is 11.9 Å². The number of hydrogen-bond acceptors (Lipinski definition) is 4. The number of hydrogen-bond donors (Lipinski definition) is 2. The van der Waals surface area contributed by atoms with Gasteiger partial charge in [-0.3, -0.25) is 0 Å². The molecule has 1 heterocycles. The van der Waals surface area contributed by atoms with E-state index in [0.717, 1.165) is 42.1 Å². The summed E-state index contributed by atoms with van der Waals surface area (Å²) in [6.45, 7) is 1.04. The molecule has 19 heavy (non-hydrogen) atoms. The smallest absolute Gasteiger partial charge is 0.241 e. The van der Waals surface area contributed by atoms with Crippen LogP contribution in [-0.4, -0.2) is 21.3 Å². The summed E-state index contributed by atoms with van der Waals surface area (Å²) in [5.74, 6) is 6.00. The summed E-state index contributed by atoms with van der Waals surface area (Å²) >= 11 is 0. The van der Waals surface area contributed by atoms with Crippen molar-refractivity contribution in [1.82, 2.24) is 14.8 Å². The summed E-state index contributed by atoms with van der Waals surface area (Å²) in [4.78, 5) is 4.23. The molecule has 3 N–H and O–H groups in total. The SMILES string of the molecule is Cn1nc(N)nc1NCC1C2CC3CC(C2)CC1C3. The lowest BCUT2D eigenvalue weighted by molar-refractivity contribution is -0.0306. The second-order valence-corrected chi connectivity index (χ2v) is 6.89. The normalized spacial score (nSPS) is 39.7. The standard InChI is InChI=1S/C14H23N5/c1-19-14(17-13(15)18-19)16-7-12-10-3-8-2-9(5-10)6-11(12)4-8/h8-12H,2-7H2,1H3,(H3,15,16,17,18). The van der Waals surface area contributed by atoms with Gasteiger partial charge in [0.25, 0.3) is 0 Å². The summed E-state index contributed by atoms with van der Waals surface area (Å²) in [5.41, 5.74) is 5.62. The fraction of sp³-hybridized carbons (Fsp3) is 0.857. The summed E-state index contributed by atoms with van der Waals surface area (Å²) in [6.07, 6.45) is 7.41. The van der Waals surface area contributed by atoms with E-state index in [0.29, 0.717) is 5.95 Å². The summed E-state index contributed by atoms with van der Waals surface area (Å²) in [7, 11) is 1.89. The van der Waals surface area contributed by atoms with Crippen LogP contribution in [0.3, 0.4) is 0 Å². The summed E-state index contributed by atoms with van der Waals surface area (Å²) < 4.78 is 1.74. The first-order valence-electron chi connectivity index (χ1n) is 7.59. The van der Waals surface area contributed by atoms with Crippen LogP contribution in [0, 0.1) is 29.6 Å². The highest BCUT2D eigenvalue weighted by Gasteiger charge is 2.47. The lowest BCUT2D eigenvalue weighted by Crippen LogP contribution is -2.47. The molecule has 4 aliphatic carbocycles. The molecule has 4 bridgehead atoms. The van der Waals surface area contributed by atoms with Crippen LogP contribution < -0.4 is 11.1 Å². The van der Waals surface area contributed by atoms with Crippen molar-refractivity contribution in [3.05, 3.63) is 0 Å². The Morgan fingerprint density at radius 1 is 1.16 bits per heavy atom. The molecule has 4 fully saturated rings. The van der Waals surface area contributed by atoms with Gasteiger partial charge >= 0.3 is 0 Å². The molecule has 1 aromatic heterocycles. The number of anilines is 2. The molecule has 5 rings (SSSR count). The number of nitrogens with zero attached hydrogens (tertiary/aromatic N) is 3. The summed E-state index contributed by atoms with van der Waals surface area (Å²) in [6, 6.07) is 0. The summed E-state index contributed by atoms with van der Waals surface area (Å²) in [5, 5.41) is 7.56. The molecular formula is C14H23N5. The maximum Gasteiger partial charge on any atom is 0.241 e. The Labute approximate surface area is 114 Å². The van der Waals surface area contributed by atoms with Gasteiger partial charge in [-0.05, 0) is 61.7 Å². The van der Waals surface area contributed by atoms with Crippen molar-refractivity contribution in [2.75, 3.05) is 17.6 Å². The van der Waals surface area contributed by atoms with Crippen molar-refractivity contribution in [3.8, 4) is 0 Å². The van der Waals surface area contributed by atoms with E-state index in [4.69, 9.17) is 5.73 Å². The Kier molecular flexibility index (Phi) is 2.50. The molecule has 0 saturated heterocycles. The molecular weight excluding hydrogens is 238 g/mol. The minimum atomic E-state index is 0.357. The first-order chi connectivity index (χ1) is 9.19. The largest absolute Gasteiger partial charge is 0.366 e. The van der Waals surface area contributed by atoms with Gasteiger partial charge in [0.05, 0.1) is 0 Å². The van der Waals surface area contributed by atoms with Crippen molar-refractivity contribution in [2.24, 2.45) is 36.6 Å². The van der Waals surface area contributed by atoms with E-state index in [1.165, 1.54) is 32.1 Å². The fourth-order valence-corrected chi connectivity index (χ4v) is 5.14. The quantitative estimate of drug-likeness (QED) is 0.871. The number of rotatable bonds is 3. The van der Waals surface area contributed by atoms with E-state index in [9.17, 15) is 0 Å². The Hall–Kier alpha value is -1.26. The van der Waals surface area contributed by atoms with Gasteiger partial charge < -0.3 is 11.1 Å². The Bertz CT molecular complexity index is 452. The molecule has 4 saturated carbocycles. The highest BCUT2D eigenvalue weighted by Crippen LogP contribution is 2.56. The van der Waals surface area contributed by atoms with E-state index in [2.05, 4.69) is 15.4 Å². The van der Waals surface area contributed by atoms with Crippen LogP contribution in [0.25, 0.3) is 0 Å². The molecule has 5 heteroatoms. The van der Waals surface area contributed by atoms with E-state index in [1.54, 1.807) is 4.68 Å². The zero-order chi connectivity index (χ0) is 13.0. The highest BCUT2D eigenvalue weighted by molar-refractivity contribution is 5.31. The van der Waals surface area contributed by atoms with Crippen LogP contribution in [-0.2, 0) is 7.05 Å². The van der Waals surface area contributed by atoms with E-state index in [-0.39, 0.29) is 0 Å². The van der Waals surface area contributed by atoms with Gasteiger partial charge in [-0.1, -0.05) is 0 Å². The lowest BCUT2D eigenvalue weighted by Gasteiger charge is -2.54. The number of nitrogens with two attached hydrogens (primary N) is 1. The average Bonchev–Trinajstić information content (AvgIpc) is 2.66. The molecule has 1 aromatic rings. The first kappa shape index (κ1) is 11.6. The Morgan fingerprint density at radius 2 is 1.79 bits per heavy atom. The van der Waals surface area contributed by atoms with Crippen LogP contribution >= 0.6 is 0 Å². The molecule has 0 spiro atoms. The van der Waals surface area contributed by atoms with Gasteiger partial charge in [0.1, 0.15) is 0 Å². The second-order valence-electron chi connectivity index (χ2n) is 6.89. The fourth-order valence-electron chi connectivity index (χ4n) is 5.14. The molecule has 5 nitrogen and oxygen atoms in total. The van der Waals surface area contributed by atoms with E-state index in [1.807, 2.05) is 7.05 Å². The third kappa shape index (κ3) is 1.90. The molecule has 0 unspecified atom stereocenters. The van der Waals surface area contributed by atoms with Crippen molar-refractivity contribution < 1.29 is 0 Å². The third-order valence-corrected chi connectivity index (χ3v) is 5.70. The van der Waals surface area contributed by atoms with Crippen molar-refractivity contribution >= 4 is 11.9 Å². The monoisotopic (exact) mass is 261 g/mol. The number of nitrogens with one attached hydrogen (secondary N) is 1. The topological polar surface area (TPSA) is 68.8 Å². The first-order valence-corrected chi connectivity index (χ1v) is 7.59. The minimum Gasteiger partial charge on any atom is -0.366 e. The second kappa shape index (κ2) is 4.12. The number of aromatic nitrogens is 3. The molecule has 4 aliphatic rings. The van der Waals surface area contributed by atoms with Gasteiger partial charge in [0, 0.05) is 13.6 Å². The number of nitrogen functional groups attached to an aromatic ring is 1. The lowest BCUT2D eigenvalue weighted by atomic mass is 9.52. The third-order valence-electron chi connectivity index (χ3n) is 5.70. The maximum absolute atomic E-state index is 5.62. The highest BCUT2D eigenvalue weighted by atomic mass is 15.4. The zero-order valence-corrected chi connectivity index (χ0v) is 11.5. The van der Waals surface area contributed by atoms with Crippen molar-refractivity contribution in [3.63, 3.8) is 0 Å². The molecule has 104 valence electrons. The Morgan fingerprint density at radius 3 is 2.32 bits per heavy atom. The Balaban J connectivity index is 1.44. The molecule has 0 amide bonds. The molecule has 0 aromatic carbocycles.